The number of aromatic nitrogens is 2. The Morgan fingerprint density at radius 3 is 2.67 bits per heavy atom. The molecule has 0 aliphatic carbocycles. The van der Waals surface area contributed by atoms with Gasteiger partial charge in [-0.1, -0.05) is 0 Å². The van der Waals surface area contributed by atoms with E-state index in [-0.39, 0.29) is 17.7 Å². The molecule has 1 fully saturated rings. The van der Waals surface area contributed by atoms with E-state index < -0.39 is 0 Å². The van der Waals surface area contributed by atoms with Crippen LogP contribution >= 0.6 is 0 Å². The van der Waals surface area contributed by atoms with Gasteiger partial charge in [-0.2, -0.15) is 0 Å². The number of hydrogen-bond donors (Lipinski definition) is 2. The SMILES string of the molecule is CC(=O)N1CCC(C(=O)NCCNc2cnccn2)CC1. The standard InChI is InChI=1S/C14H21N5O2/c1-11(20)19-8-2-12(3-9-19)14(21)18-7-6-17-13-10-15-4-5-16-13/h4-5,10,12H,2-3,6-9H2,1H3,(H,16,17)(H,18,21). The van der Waals surface area contributed by atoms with Crippen molar-refractivity contribution in [3.63, 3.8) is 0 Å². The molecule has 2 heterocycles. The van der Waals surface area contributed by atoms with Gasteiger partial charge in [0.1, 0.15) is 5.82 Å². The summed E-state index contributed by atoms with van der Waals surface area (Å²) in [5, 5.41) is 6.00. The molecule has 2 N–H and O–H groups in total. The molecule has 1 aromatic heterocycles. The maximum atomic E-state index is 12.0. The Bertz CT molecular complexity index is 472. The predicted octanol–water partition coefficient (Wildman–Crippen LogP) is 0.263. The van der Waals surface area contributed by atoms with Crippen LogP contribution in [0.15, 0.2) is 18.6 Å². The molecule has 0 aromatic carbocycles. The smallest absolute Gasteiger partial charge is 0.223 e. The highest BCUT2D eigenvalue weighted by molar-refractivity contribution is 5.79. The van der Waals surface area contributed by atoms with Crippen LogP contribution in [0.1, 0.15) is 19.8 Å². The zero-order valence-corrected chi connectivity index (χ0v) is 12.2. The molecule has 0 bridgehead atoms. The summed E-state index contributed by atoms with van der Waals surface area (Å²) in [4.78, 5) is 33.1. The number of carbonyl (C=O) groups excluding carboxylic acids is 2. The number of carbonyl (C=O) groups is 2. The number of likely N-dealkylation sites (tertiary alicyclic amines) is 1. The fourth-order valence-electron chi connectivity index (χ4n) is 2.37. The maximum Gasteiger partial charge on any atom is 0.223 e. The molecule has 0 saturated carbocycles. The molecule has 0 radical (unpaired) electrons. The topological polar surface area (TPSA) is 87.2 Å². The maximum absolute atomic E-state index is 12.0. The summed E-state index contributed by atoms with van der Waals surface area (Å²) in [7, 11) is 0. The number of hydrogen-bond acceptors (Lipinski definition) is 5. The second kappa shape index (κ2) is 7.56. The third-order valence-corrected chi connectivity index (χ3v) is 3.60. The molecular weight excluding hydrogens is 270 g/mol. The zero-order valence-electron chi connectivity index (χ0n) is 12.2. The first kappa shape index (κ1) is 15.2. The highest BCUT2D eigenvalue weighted by Crippen LogP contribution is 2.17. The van der Waals surface area contributed by atoms with Crippen molar-refractivity contribution >= 4 is 17.6 Å². The van der Waals surface area contributed by atoms with Crippen molar-refractivity contribution in [1.29, 1.82) is 0 Å². The number of nitrogens with one attached hydrogen (secondary N) is 2. The number of piperidine rings is 1. The van der Waals surface area contributed by atoms with Crippen molar-refractivity contribution in [3.8, 4) is 0 Å². The van der Waals surface area contributed by atoms with E-state index in [0.717, 1.165) is 12.8 Å². The molecule has 7 heteroatoms. The molecule has 1 saturated heterocycles. The van der Waals surface area contributed by atoms with Crippen LogP contribution < -0.4 is 10.6 Å². The average Bonchev–Trinajstić information content (AvgIpc) is 2.52. The summed E-state index contributed by atoms with van der Waals surface area (Å²) >= 11 is 0. The number of rotatable bonds is 5. The fourth-order valence-corrected chi connectivity index (χ4v) is 2.37. The Labute approximate surface area is 124 Å². The molecule has 21 heavy (non-hydrogen) atoms. The zero-order chi connectivity index (χ0) is 15.1. The molecule has 7 nitrogen and oxygen atoms in total. The fraction of sp³-hybridized carbons (Fsp3) is 0.571. The summed E-state index contributed by atoms with van der Waals surface area (Å²) in [5.41, 5.74) is 0. The minimum atomic E-state index is 0.0112. The van der Waals surface area contributed by atoms with Gasteiger partial charge < -0.3 is 15.5 Å². The number of nitrogens with zero attached hydrogens (tertiary/aromatic N) is 3. The molecular formula is C14H21N5O2. The molecule has 0 unspecified atom stereocenters. The van der Waals surface area contributed by atoms with Crippen LogP contribution in [0.3, 0.4) is 0 Å². The summed E-state index contributed by atoms with van der Waals surface area (Å²) in [6, 6.07) is 0. The van der Waals surface area contributed by atoms with Gasteiger partial charge in [0.25, 0.3) is 0 Å². The van der Waals surface area contributed by atoms with E-state index in [4.69, 9.17) is 0 Å². The minimum absolute atomic E-state index is 0.0112. The van der Waals surface area contributed by atoms with Gasteiger partial charge in [-0.25, -0.2) is 4.98 Å². The quantitative estimate of drug-likeness (QED) is 0.760. The van der Waals surface area contributed by atoms with Gasteiger partial charge in [-0.15, -0.1) is 0 Å². The largest absolute Gasteiger partial charge is 0.367 e. The van der Waals surface area contributed by atoms with Crippen molar-refractivity contribution in [3.05, 3.63) is 18.6 Å². The van der Waals surface area contributed by atoms with Gasteiger partial charge in [0.15, 0.2) is 0 Å². The summed E-state index contributed by atoms with van der Waals surface area (Å²) in [6.07, 6.45) is 6.34. The average molecular weight is 291 g/mol. The monoisotopic (exact) mass is 291 g/mol. The van der Waals surface area contributed by atoms with Crippen molar-refractivity contribution in [2.75, 3.05) is 31.5 Å². The van der Waals surface area contributed by atoms with E-state index in [1.54, 1.807) is 30.4 Å². The number of amides is 2. The van der Waals surface area contributed by atoms with Crippen LogP contribution in [-0.4, -0.2) is 52.9 Å². The highest BCUT2D eigenvalue weighted by Gasteiger charge is 2.25. The second-order valence-electron chi connectivity index (χ2n) is 5.09. The lowest BCUT2D eigenvalue weighted by molar-refractivity contribution is -0.133. The van der Waals surface area contributed by atoms with E-state index in [2.05, 4.69) is 20.6 Å². The van der Waals surface area contributed by atoms with E-state index in [0.29, 0.717) is 32.0 Å². The third-order valence-electron chi connectivity index (χ3n) is 3.60. The summed E-state index contributed by atoms with van der Waals surface area (Å²) < 4.78 is 0. The lowest BCUT2D eigenvalue weighted by Crippen LogP contribution is -2.43. The van der Waals surface area contributed by atoms with E-state index in [1.807, 2.05) is 0 Å². The van der Waals surface area contributed by atoms with Gasteiger partial charge in [-0.3, -0.25) is 14.6 Å². The third kappa shape index (κ3) is 4.70. The normalized spacial score (nSPS) is 15.6. The molecule has 0 atom stereocenters. The van der Waals surface area contributed by atoms with Gasteiger partial charge in [-0.05, 0) is 12.8 Å². The van der Waals surface area contributed by atoms with E-state index in [1.165, 1.54) is 0 Å². The molecule has 2 amide bonds. The first-order valence-electron chi connectivity index (χ1n) is 7.20. The molecule has 1 aliphatic heterocycles. The van der Waals surface area contributed by atoms with Crippen LogP contribution in [0.2, 0.25) is 0 Å². The van der Waals surface area contributed by atoms with Gasteiger partial charge in [0, 0.05) is 51.4 Å². The van der Waals surface area contributed by atoms with Gasteiger partial charge in [0.05, 0.1) is 6.20 Å². The van der Waals surface area contributed by atoms with Crippen molar-refractivity contribution in [2.24, 2.45) is 5.92 Å². The molecule has 2 rings (SSSR count). The summed E-state index contributed by atoms with van der Waals surface area (Å²) in [5.74, 6) is 0.861. The van der Waals surface area contributed by atoms with Crippen molar-refractivity contribution < 1.29 is 9.59 Å². The van der Waals surface area contributed by atoms with E-state index in [9.17, 15) is 9.59 Å². The first-order chi connectivity index (χ1) is 10.2. The Hall–Kier alpha value is -2.18. The van der Waals surface area contributed by atoms with Crippen LogP contribution in [0.5, 0.6) is 0 Å². The highest BCUT2D eigenvalue weighted by atomic mass is 16.2. The molecule has 1 aromatic rings. The van der Waals surface area contributed by atoms with Crippen LogP contribution in [-0.2, 0) is 9.59 Å². The first-order valence-corrected chi connectivity index (χ1v) is 7.20. The second-order valence-corrected chi connectivity index (χ2v) is 5.09. The van der Waals surface area contributed by atoms with Crippen molar-refractivity contribution in [2.45, 2.75) is 19.8 Å². The Kier molecular flexibility index (Phi) is 5.48. The van der Waals surface area contributed by atoms with E-state index >= 15 is 0 Å². The van der Waals surface area contributed by atoms with Gasteiger partial charge in [0.2, 0.25) is 11.8 Å². The lowest BCUT2D eigenvalue weighted by Gasteiger charge is -2.30. The number of anilines is 1. The van der Waals surface area contributed by atoms with Crippen LogP contribution in [0, 0.1) is 5.92 Å². The minimum Gasteiger partial charge on any atom is -0.367 e. The molecule has 1 aliphatic rings. The van der Waals surface area contributed by atoms with Crippen LogP contribution in [0.25, 0.3) is 0 Å². The van der Waals surface area contributed by atoms with Crippen molar-refractivity contribution in [1.82, 2.24) is 20.2 Å². The van der Waals surface area contributed by atoms with Crippen LogP contribution in [0.4, 0.5) is 5.82 Å². The van der Waals surface area contributed by atoms with Gasteiger partial charge >= 0.3 is 0 Å². The Morgan fingerprint density at radius 2 is 2.05 bits per heavy atom. The Morgan fingerprint density at radius 1 is 1.29 bits per heavy atom. The summed E-state index contributed by atoms with van der Waals surface area (Å²) in [6.45, 7) is 4.06. The molecule has 0 spiro atoms. The molecule has 114 valence electrons. The Balaban J connectivity index is 1.63. The lowest BCUT2D eigenvalue weighted by atomic mass is 9.96. The predicted molar refractivity (Wildman–Crippen MR) is 78.5 cm³/mol.